The summed E-state index contributed by atoms with van der Waals surface area (Å²) in [6.07, 6.45) is 0. The number of carbonyl (C=O) groups excluding carboxylic acids is 1. The molecule has 0 amide bonds. The lowest BCUT2D eigenvalue weighted by molar-refractivity contribution is 0.0603. The molecule has 3 aromatic carbocycles. The number of nitrogens with zero attached hydrogens (tertiary/aromatic N) is 1. The number of benzene rings is 3. The van der Waals surface area contributed by atoms with Crippen LogP contribution in [0.1, 0.15) is 21.5 Å². The number of aromatic amines is 1. The molecule has 1 heterocycles. The summed E-state index contributed by atoms with van der Waals surface area (Å²) in [5.41, 5.74) is 5.55. The third kappa shape index (κ3) is 3.96. The Hall–Kier alpha value is -3.31. The highest BCUT2D eigenvalue weighted by Gasteiger charge is 2.18. The molecule has 4 aromatic rings. The normalized spacial score (nSPS) is 10.9. The molecule has 0 saturated heterocycles. The predicted molar refractivity (Wildman–Crippen MR) is 116 cm³/mol. The summed E-state index contributed by atoms with van der Waals surface area (Å²) in [4.78, 5) is 20.2. The number of fused-ring (bicyclic) bond motifs is 1. The van der Waals surface area contributed by atoms with Gasteiger partial charge in [0, 0.05) is 17.1 Å². The van der Waals surface area contributed by atoms with Crippen LogP contribution in [-0.4, -0.2) is 23.0 Å². The molecule has 0 aliphatic rings. The Morgan fingerprint density at radius 3 is 2.66 bits per heavy atom. The lowest BCUT2D eigenvalue weighted by atomic mass is 10.0. The molecule has 2 N–H and O–H groups in total. The number of halogens is 1. The number of anilines is 1. The van der Waals surface area contributed by atoms with Crippen molar-refractivity contribution in [3.63, 3.8) is 0 Å². The highest BCUT2D eigenvalue weighted by molar-refractivity contribution is 6.33. The van der Waals surface area contributed by atoms with Crippen molar-refractivity contribution in [2.24, 2.45) is 0 Å². The SMILES string of the molecule is COC(=O)c1cc(-c2ccc(C)cc2Cl)cc2[nH]c(NCc3ccccc3)nc12. The van der Waals surface area contributed by atoms with Crippen LogP contribution < -0.4 is 5.32 Å². The molecule has 6 heteroatoms. The van der Waals surface area contributed by atoms with E-state index in [-0.39, 0.29) is 0 Å². The summed E-state index contributed by atoms with van der Waals surface area (Å²) in [7, 11) is 1.36. The van der Waals surface area contributed by atoms with Gasteiger partial charge in [0.2, 0.25) is 5.95 Å². The number of hydrogen-bond acceptors (Lipinski definition) is 4. The van der Waals surface area contributed by atoms with Gasteiger partial charge in [0.15, 0.2) is 0 Å². The minimum atomic E-state index is -0.443. The van der Waals surface area contributed by atoms with Crippen LogP contribution in [0.3, 0.4) is 0 Å². The van der Waals surface area contributed by atoms with Gasteiger partial charge < -0.3 is 15.0 Å². The zero-order chi connectivity index (χ0) is 20.4. The summed E-state index contributed by atoms with van der Waals surface area (Å²) in [6.45, 7) is 2.60. The van der Waals surface area contributed by atoms with Gasteiger partial charge in [-0.3, -0.25) is 0 Å². The second-order valence-electron chi connectivity index (χ2n) is 6.82. The lowest BCUT2D eigenvalue weighted by Crippen LogP contribution is -2.03. The van der Waals surface area contributed by atoms with Crippen molar-refractivity contribution in [2.75, 3.05) is 12.4 Å². The van der Waals surface area contributed by atoms with Crippen LogP contribution in [0.25, 0.3) is 22.2 Å². The zero-order valence-corrected chi connectivity index (χ0v) is 16.9. The number of esters is 1. The van der Waals surface area contributed by atoms with Gasteiger partial charge in [0.1, 0.15) is 5.52 Å². The van der Waals surface area contributed by atoms with Crippen LogP contribution in [0.5, 0.6) is 0 Å². The Bertz CT molecular complexity index is 1190. The summed E-state index contributed by atoms with van der Waals surface area (Å²) >= 11 is 6.45. The fraction of sp³-hybridized carbons (Fsp3) is 0.130. The fourth-order valence-corrected chi connectivity index (χ4v) is 3.60. The van der Waals surface area contributed by atoms with Gasteiger partial charge in [-0.1, -0.05) is 54.1 Å². The molecule has 0 atom stereocenters. The molecule has 0 spiro atoms. The molecule has 0 bridgehead atoms. The molecule has 1 aromatic heterocycles. The van der Waals surface area contributed by atoms with E-state index in [1.54, 1.807) is 6.07 Å². The fourth-order valence-electron chi connectivity index (χ4n) is 3.26. The molecule has 0 aliphatic carbocycles. The second-order valence-corrected chi connectivity index (χ2v) is 7.23. The van der Waals surface area contributed by atoms with Crippen molar-refractivity contribution in [3.05, 3.63) is 82.4 Å². The maximum Gasteiger partial charge on any atom is 0.340 e. The molecule has 0 fully saturated rings. The third-order valence-electron chi connectivity index (χ3n) is 4.73. The smallest absolute Gasteiger partial charge is 0.340 e. The van der Waals surface area contributed by atoms with E-state index in [9.17, 15) is 4.79 Å². The topological polar surface area (TPSA) is 67.0 Å². The van der Waals surface area contributed by atoms with Crippen LogP contribution >= 0.6 is 11.6 Å². The van der Waals surface area contributed by atoms with E-state index >= 15 is 0 Å². The largest absolute Gasteiger partial charge is 0.465 e. The standard InChI is InChI=1S/C23H20ClN3O2/c1-14-8-9-17(19(24)10-14)16-11-18(22(28)29-2)21-20(12-16)26-23(27-21)25-13-15-6-4-3-5-7-15/h3-12H,13H2,1-2H3,(H2,25,26,27). The van der Waals surface area contributed by atoms with Crippen LogP contribution in [-0.2, 0) is 11.3 Å². The Kier molecular flexibility index (Phi) is 5.23. The maximum absolute atomic E-state index is 12.4. The molecule has 146 valence electrons. The van der Waals surface area contributed by atoms with E-state index in [0.717, 1.165) is 27.8 Å². The van der Waals surface area contributed by atoms with Gasteiger partial charge in [0.25, 0.3) is 0 Å². The summed E-state index contributed by atoms with van der Waals surface area (Å²) in [5.74, 6) is 0.141. The molecule has 4 rings (SSSR count). The number of hydrogen-bond donors (Lipinski definition) is 2. The van der Waals surface area contributed by atoms with Gasteiger partial charge in [0.05, 0.1) is 18.2 Å². The average molecular weight is 406 g/mol. The van der Waals surface area contributed by atoms with Crippen molar-refractivity contribution in [2.45, 2.75) is 13.5 Å². The van der Waals surface area contributed by atoms with Crippen LogP contribution in [0.4, 0.5) is 5.95 Å². The molecule has 0 radical (unpaired) electrons. The highest BCUT2D eigenvalue weighted by Crippen LogP contribution is 2.33. The number of ether oxygens (including phenoxy) is 1. The number of rotatable bonds is 5. The number of imidazole rings is 1. The first-order chi connectivity index (χ1) is 14.0. The van der Waals surface area contributed by atoms with Crippen LogP contribution in [0, 0.1) is 6.92 Å². The van der Waals surface area contributed by atoms with Gasteiger partial charge in [-0.25, -0.2) is 9.78 Å². The summed E-state index contributed by atoms with van der Waals surface area (Å²) < 4.78 is 4.98. The number of carbonyl (C=O) groups is 1. The van der Waals surface area contributed by atoms with Crippen molar-refractivity contribution in [1.82, 2.24) is 9.97 Å². The third-order valence-corrected chi connectivity index (χ3v) is 5.04. The van der Waals surface area contributed by atoms with E-state index in [4.69, 9.17) is 16.3 Å². The van der Waals surface area contributed by atoms with E-state index < -0.39 is 5.97 Å². The Balaban J connectivity index is 1.76. The first-order valence-electron chi connectivity index (χ1n) is 9.21. The summed E-state index contributed by atoms with van der Waals surface area (Å²) in [5, 5.41) is 3.89. The number of nitrogens with one attached hydrogen (secondary N) is 2. The Morgan fingerprint density at radius 2 is 1.93 bits per heavy atom. The molecular weight excluding hydrogens is 386 g/mol. The van der Waals surface area contributed by atoms with E-state index in [1.165, 1.54) is 7.11 Å². The quantitative estimate of drug-likeness (QED) is 0.425. The number of methoxy groups -OCH3 is 1. The molecule has 29 heavy (non-hydrogen) atoms. The molecule has 0 unspecified atom stereocenters. The van der Waals surface area contributed by atoms with Crippen molar-refractivity contribution < 1.29 is 9.53 Å². The number of H-pyrrole nitrogens is 1. The number of aromatic nitrogens is 2. The average Bonchev–Trinajstić information content (AvgIpc) is 3.14. The Labute approximate surface area is 173 Å². The molecule has 5 nitrogen and oxygen atoms in total. The molecule has 0 aliphatic heterocycles. The monoisotopic (exact) mass is 405 g/mol. The van der Waals surface area contributed by atoms with Gasteiger partial charge >= 0.3 is 5.97 Å². The van der Waals surface area contributed by atoms with E-state index in [1.807, 2.05) is 61.5 Å². The minimum absolute atomic E-state index is 0.389. The lowest BCUT2D eigenvalue weighted by Gasteiger charge is -2.08. The van der Waals surface area contributed by atoms with Crippen LogP contribution in [0.15, 0.2) is 60.7 Å². The van der Waals surface area contributed by atoms with Gasteiger partial charge in [-0.2, -0.15) is 0 Å². The predicted octanol–water partition coefficient (Wildman–Crippen LogP) is 5.59. The minimum Gasteiger partial charge on any atom is -0.465 e. The Morgan fingerprint density at radius 1 is 1.14 bits per heavy atom. The van der Waals surface area contributed by atoms with Crippen LogP contribution in [0.2, 0.25) is 5.02 Å². The maximum atomic E-state index is 12.4. The van der Waals surface area contributed by atoms with Crippen molar-refractivity contribution in [3.8, 4) is 11.1 Å². The van der Waals surface area contributed by atoms with Crippen molar-refractivity contribution in [1.29, 1.82) is 0 Å². The summed E-state index contributed by atoms with van der Waals surface area (Å²) in [6, 6.07) is 19.6. The van der Waals surface area contributed by atoms with E-state index in [2.05, 4.69) is 15.3 Å². The first kappa shape index (κ1) is 19.0. The van der Waals surface area contributed by atoms with Crippen molar-refractivity contribution >= 4 is 34.6 Å². The zero-order valence-electron chi connectivity index (χ0n) is 16.1. The first-order valence-corrected chi connectivity index (χ1v) is 9.59. The van der Waals surface area contributed by atoms with Gasteiger partial charge in [-0.05, 0) is 41.8 Å². The van der Waals surface area contributed by atoms with E-state index in [0.29, 0.717) is 28.6 Å². The molecule has 0 saturated carbocycles. The second kappa shape index (κ2) is 7.97. The molecular formula is C23H20ClN3O2. The number of aryl methyl sites for hydroxylation is 1. The van der Waals surface area contributed by atoms with Gasteiger partial charge in [-0.15, -0.1) is 0 Å². The highest BCUT2D eigenvalue weighted by atomic mass is 35.5.